The monoisotopic (exact) mass is 492 g/mol. The van der Waals surface area contributed by atoms with Gasteiger partial charge in [-0.05, 0) is 24.8 Å². The Hall–Kier alpha value is -0.230. The van der Waals surface area contributed by atoms with Crippen LogP contribution in [0.25, 0.3) is 0 Å². The third kappa shape index (κ3) is 15.3. The first kappa shape index (κ1) is 26.8. The predicted molar refractivity (Wildman–Crippen MR) is 122 cm³/mol. The van der Waals surface area contributed by atoms with E-state index in [1.807, 2.05) is 18.2 Å². The Kier molecular flexibility index (Phi) is 16.1. The number of alkyl halides is 1. The van der Waals surface area contributed by atoms with Crippen molar-refractivity contribution in [1.82, 2.24) is 0 Å². The van der Waals surface area contributed by atoms with Gasteiger partial charge >= 0.3 is 7.82 Å². The van der Waals surface area contributed by atoms with Crippen LogP contribution in [0.4, 0.5) is 0 Å². The van der Waals surface area contributed by atoms with Crippen molar-refractivity contribution in [2.24, 2.45) is 0 Å². The number of ether oxygens (including phenoxy) is 1. The fraction of sp³-hybridized carbons (Fsp3) is 0.727. The maximum absolute atomic E-state index is 11.7. The van der Waals surface area contributed by atoms with Crippen LogP contribution in [0.15, 0.2) is 30.3 Å². The molecule has 0 saturated carbocycles. The van der Waals surface area contributed by atoms with Gasteiger partial charge in [0.25, 0.3) is 0 Å². The second-order valence-electron chi connectivity index (χ2n) is 7.29. The van der Waals surface area contributed by atoms with Crippen LogP contribution < -0.4 is 0 Å². The van der Waals surface area contributed by atoms with E-state index < -0.39 is 7.82 Å². The number of phosphoric acid groups is 1. The van der Waals surface area contributed by atoms with Crippen LogP contribution in [0.3, 0.4) is 0 Å². The van der Waals surface area contributed by atoms with E-state index in [0.29, 0.717) is 18.4 Å². The van der Waals surface area contributed by atoms with Crippen molar-refractivity contribution in [2.45, 2.75) is 83.8 Å². The molecule has 0 radical (unpaired) electrons. The smallest absolute Gasteiger partial charge is 0.374 e. The summed E-state index contributed by atoms with van der Waals surface area (Å²) in [5.74, 6) is 0. The van der Waals surface area contributed by atoms with Crippen molar-refractivity contribution >= 4 is 23.8 Å². The Labute approximate surface area is 185 Å². The van der Waals surface area contributed by atoms with Crippen LogP contribution in [0, 0.1) is 0 Å². The second-order valence-corrected chi connectivity index (χ2v) is 9.54. The molecule has 0 bridgehead atoms. The standard InChI is InChI=1S/C22H38BrO5P/c1-2-3-4-5-6-7-11-15-22(26-20-21-13-9-8-10-14-21)16-12-18-27-29(24,25)28-19-17-23/h8-10,13-14,22H,2-7,11-12,15-20H2,1H3,(H,24,25). The number of halogens is 1. The molecule has 0 aliphatic heterocycles. The molecular formula is C22H38BrO5P. The Morgan fingerprint density at radius 3 is 2.24 bits per heavy atom. The average molecular weight is 493 g/mol. The quantitative estimate of drug-likeness (QED) is 0.127. The number of rotatable bonds is 19. The molecule has 0 aromatic heterocycles. The summed E-state index contributed by atoms with van der Waals surface area (Å²) in [6.07, 6.45) is 11.5. The summed E-state index contributed by atoms with van der Waals surface area (Å²) in [6.45, 7) is 3.17. The maximum Gasteiger partial charge on any atom is 0.472 e. The molecule has 1 aromatic rings. The van der Waals surface area contributed by atoms with Crippen LogP contribution in [0.5, 0.6) is 0 Å². The van der Waals surface area contributed by atoms with Gasteiger partial charge in [-0.2, -0.15) is 0 Å². The van der Waals surface area contributed by atoms with E-state index in [1.165, 1.54) is 38.5 Å². The van der Waals surface area contributed by atoms with Crippen LogP contribution in [0.1, 0.15) is 76.7 Å². The van der Waals surface area contributed by atoms with Crippen molar-refractivity contribution < 1.29 is 23.2 Å². The van der Waals surface area contributed by atoms with Crippen molar-refractivity contribution in [3.05, 3.63) is 35.9 Å². The van der Waals surface area contributed by atoms with E-state index in [-0.39, 0.29) is 19.3 Å². The minimum atomic E-state index is -3.94. The molecule has 1 rings (SSSR count). The summed E-state index contributed by atoms with van der Waals surface area (Å²) in [5, 5.41) is 0.495. The van der Waals surface area contributed by atoms with Gasteiger partial charge in [-0.3, -0.25) is 9.05 Å². The first-order valence-electron chi connectivity index (χ1n) is 10.9. The first-order chi connectivity index (χ1) is 14.1. The molecule has 2 atom stereocenters. The highest BCUT2D eigenvalue weighted by molar-refractivity contribution is 9.09. The molecule has 1 aromatic carbocycles. The summed E-state index contributed by atoms with van der Waals surface area (Å²) < 4.78 is 27.7. The molecule has 0 spiro atoms. The lowest BCUT2D eigenvalue weighted by Gasteiger charge is -2.19. The molecule has 0 aliphatic carbocycles. The van der Waals surface area contributed by atoms with E-state index in [4.69, 9.17) is 13.8 Å². The molecule has 0 fully saturated rings. The van der Waals surface area contributed by atoms with Gasteiger partial charge in [0.15, 0.2) is 0 Å². The highest BCUT2D eigenvalue weighted by Gasteiger charge is 2.20. The maximum atomic E-state index is 11.7. The second kappa shape index (κ2) is 17.5. The molecule has 0 aliphatic rings. The zero-order chi connectivity index (χ0) is 21.2. The topological polar surface area (TPSA) is 65.0 Å². The molecule has 0 saturated heterocycles. The normalized spacial score (nSPS) is 14.6. The molecule has 29 heavy (non-hydrogen) atoms. The number of hydrogen-bond acceptors (Lipinski definition) is 4. The van der Waals surface area contributed by atoms with Gasteiger partial charge in [0.05, 0.1) is 25.9 Å². The average Bonchev–Trinajstić information content (AvgIpc) is 2.73. The zero-order valence-electron chi connectivity index (χ0n) is 17.8. The molecule has 0 heterocycles. The molecule has 1 N–H and O–H groups in total. The van der Waals surface area contributed by atoms with Gasteiger partial charge < -0.3 is 9.63 Å². The molecule has 2 unspecified atom stereocenters. The lowest BCUT2D eigenvalue weighted by molar-refractivity contribution is 0.0231. The number of hydrogen-bond donors (Lipinski definition) is 1. The summed E-state index contributed by atoms with van der Waals surface area (Å²) >= 11 is 3.16. The number of unbranched alkanes of at least 4 members (excludes halogenated alkanes) is 6. The van der Waals surface area contributed by atoms with Crippen molar-refractivity contribution in [3.63, 3.8) is 0 Å². The Balaban J connectivity index is 2.32. The van der Waals surface area contributed by atoms with E-state index >= 15 is 0 Å². The fourth-order valence-electron chi connectivity index (χ4n) is 3.11. The first-order valence-corrected chi connectivity index (χ1v) is 13.5. The third-order valence-electron chi connectivity index (χ3n) is 4.71. The number of benzene rings is 1. The Bertz CT molecular complexity index is 543. The third-order valence-corrected chi connectivity index (χ3v) is 6.06. The van der Waals surface area contributed by atoms with Crippen LogP contribution in [0.2, 0.25) is 0 Å². The highest BCUT2D eigenvalue weighted by atomic mass is 79.9. The number of phosphoric ester groups is 1. The Morgan fingerprint density at radius 1 is 0.931 bits per heavy atom. The fourth-order valence-corrected chi connectivity index (χ4v) is 4.27. The van der Waals surface area contributed by atoms with Crippen LogP contribution in [-0.2, 0) is 25.0 Å². The summed E-state index contributed by atoms with van der Waals surface area (Å²) in [5.41, 5.74) is 1.16. The molecule has 0 amide bonds. The van der Waals surface area contributed by atoms with Gasteiger partial charge in [-0.1, -0.05) is 98.1 Å². The van der Waals surface area contributed by atoms with Gasteiger partial charge in [0, 0.05) is 5.33 Å². The van der Waals surface area contributed by atoms with Crippen LogP contribution in [-0.4, -0.2) is 29.5 Å². The SMILES string of the molecule is CCCCCCCCCC(CCCOP(=O)(O)OCCBr)OCc1ccccc1. The van der Waals surface area contributed by atoms with Crippen molar-refractivity contribution in [2.75, 3.05) is 18.5 Å². The summed E-state index contributed by atoms with van der Waals surface area (Å²) in [4.78, 5) is 9.58. The predicted octanol–water partition coefficient (Wildman–Crippen LogP) is 7.02. The van der Waals surface area contributed by atoms with Crippen LogP contribution >= 0.6 is 23.8 Å². The Morgan fingerprint density at radius 2 is 1.55 bits per heavy atom. The van der Waals surface area contributed by atoms with Crippen molar-refractivity contribution in [3.8, 4) is 0 Å². The van der Waals surface area contributed by atoms with Gasteiger partial charge in [-0.25, -0.2) is 4.57 Å². The zero-order valence-corrected chi connectivity index (χ0v) is 20.2. The molecule has 5 nitrogen and oxygen atoms in total. The van der Waals surface area contributed by atoms with Gasteiger partial charge in [0.2, 0.25) is 0 Å². The molecule has 168 valence electrons. The van der Waals surface area contributed by atoms with E-state index in [1.54, 1.807) is 0 Å². The molecule has 7 heteroatoms. The van der Waals surface area contributed by atoms with E-state index in [0.717, 1.165) is 24.8 Å². The lowest BCUT2D eigenvalue weighted by atomic mass is 10.0. The lowest BCUT2D eigenvalue weighted by Crippen LogP contribution is -2.14. The van der Waals surface area contributed by atoms with E-state index in [2.05, 4.69) is 35.0 Å². The molecular weight excluding hydrogens is 455 g/mol. The highest BCUT2D eigenvalue weighted by Crippen LogP contribution is 2.43. The van der Waals surface area contributed by atoms with Gasteiger partial charge in [0.1, 0.15) is 0 Å². The van der Waals surface area contributed by atoms with E-state index in [9.17, 15) is 9.46 Å². The summed E-state index contributed by atoms with van der Waals surface area (Å²) in [7, 11) is -3.94. The summed E-state index contributed by atoms with van der Waals surface area (Å²) in [6, 6.07) is 10.2. The minimum absolute atomic E-state index is 0.135. The van der Waals surface area contributed by atoms with Crippen molar-refractivity contribution in [1.29, 1.82) is 0 Å². The van der Waals surface area contributed by atoms with Gasteiger partial charge in [-0.15, -0.1) is 0 Å². The largest absolute Gasteiger partial charge is 0.472 e. The minimum Gasteiger partial charge on any atom is -0.374 e.